The SMILES string of the molecule is Cc1cc(C)c2c(c1)c(C)cc(=O)n2C(C)C(=O)OCC(C)C. The summed E-state index contributed by atoms with van der Waals surface area (Å²) in [4.78, 5) is 24.9. The number of benzene rings is 1. The molecule has 4 nitrogen and oxygen atoms in total. The lowest BCUT2D eigenvalue weighted by Gasteiger charge is -2.20. The molecule has 0 amide bonds. The van der Waals surface area contributed by atoms with Crippen molar-refractivity contribution in [2.24, 2.45) is 5.92 Å². The molecule has 1 atom stereocenters. The van der Waals surface area contributed by atoms with E-state index in [0.717, 1.165) is 27.6 Å². The minimum atomic E-state index is -0.647. The van der Waals surface area contributed by atoms with Gasteiger partial charge in [-0.1, -0.05) is 25.5 Å². The summed E-state index contributed by atoms with van der Waals surface area (Å²) in [6.45, 7) is 12.0. The second-order valence-corrected chi connectivity index (χ2v) is 6.71. The summed E-state index contributed by atoms with van der Waals surface area (Å²) in [6.07, 6.45) is 0. The van der Waals surface area contributed by atoms with Crippen molar-refractivity contribution in [3.05, 3.63) is 45.2 Å². The molecule has 4 heteroatoms. The van der Waals surface area contributed by atoms with Crippen molar-refractivity contribution in [3.63, 3.8) is 0 Å². The van der Waals surface area contributed by atoms with Gasteiger partial charge in [-0.2, -0.15) is 0 Å². The Labute approximate surface area is 137 Å². The van der Waals surface area contributed by atoms with Crippen molar-refractivity contribution < 1.29 is 9.53 Å². The molecule has 0 N–H and O–H groups in total. The average molecular weight is 315 g/mol. The quantitative estimate of drug-likeness (QED) is 0.809. The standard InChI is InChI=1S/C19H25NO3/c1-11(2)10-23-19(22)15(6)20-17(21)9-13(4)16-8-12(3)7-14(5)18(16)20/h7-9,11,15H,10H2,1-6H3. The minimum Gasteiger partial charge on any atom is -0.464 e. The van der Waals surface area contributed by atoms with Gasteiger partial charge in [0.1, 0.15) is 6.04 Å². The largest absolute Gasteiger partial charge is 0.464 e. The number of ether oxygens (including phenoxy) is 1. The Kier molecular flexibility index (Phi) is 4.93. The number of fused-ring (bicyclic) bond motifs is 1. The summed E-state index contributed by atoms with van der Waals surface area (Å²) < 4.78 is 6.87. The van der Waals surface area contributed by atoms with Gasteiger partial charge >= 0.3 is 5.97 Å². The van der Waals surface area contributed by atoms with E-state index >= 15 is 0 Å². The lowest BCUT2D eigenvalue weighted by atomic mass is 10.0. The molecule has 0 saturated heterocycles. The predicted octanol–water partition coefficient (Wildman–Crippen LogP) is 3.69. The van der Waals surface area contributed by atoms with Crippen LogP contribution in [0, 0.1) is 26.7 Å². The summed E-state index contributed by atoms with van der Waals surface area (Å²) in [6, 6.07) is 5.03. The summed E-state index contributed by atoms with van der Waals surface area (Å²) in [5.74, 6) is -0.104. The number of nitrogens with zero attached hydrogens (tertiary/aromatic N) is 1. The number of aromatic nitrogens is 1. The molecule has 0 radical (unpaired) electrons. The van der Waals surface area contributed by atoms with Gasteiger partial charge in [0.05, 0.1) is 12.1 Å². The van der Waals surface area contributed by atoms with Crippen LogP contribution >= 0.6 is 0 Å². The Bertz CT molecular complexity index is 802. The van der Waals surface area contributed by atoms with Gasteiger partial charge in [0.25, 0.3) is 5.56 Å². The fraction of sp³-hybridized carbons (Fsp3) is 0.474. The second kappa shape index (κ2) is 6.57. The number of carbonyl (C=O) groups excluding carboxylic acids is 1. The van der Waals surface area contributed by atoms with Crippen molar-refractivity contribution in [2.75, 3.05) is 6.61 Å². The molecule has 0 aliphatic carbocycles. The maximum Gasteiger partial charge on any atom is 0.328 e. The van der Waals surface area contributed by atoms with Crippen LogP contribution in [0.1, 0.15) is 43.5 Å². The van der Waals surface area contributed by atoms with Crippen LogP contribution in [0.4, 0.5) is 0 Å². The van der Waals surface area contributed by atoms with Gasteiger partial charge in [0.2, 0.25) is 0 Å². The van der Waals surface area contributed by atoms with Crippen molar-refractivity contribution in [1.29, 1.82) is 0 Å². The topological polar surface area (TPSA) is 48.3 Å². The van der Waals surface area contributed by atoms with Gasteiger partial charge in [-0.15, -0.1) is 0 Å². The van der Waals surface area contributed by atoms with Crippen LogP contribution in [-0.2, 0) is 9.53 Å². The first kappa shape index (κ1) is 17.3. The zero-order chi connectivity index (χ0) is 17.3. The molecule has 0 spiro atoms. The third-order valence-electron chi connectivity index (χ3n) is 3.98. The van der Waals surface area contributed by atoms with Crippen LogP contribution in [0.2, 0.25) is 0 Å². The van der Waals surface area contributed by atoms with Gasteiger partial charge in [0.15, 0.2) is 0 Å². The first-order valence-corrected chi connectivity index (χ1v) is 8.02. The molecule has 2 aromatic rings. The summed E-state index contributed by atoms with van der Waals surface area (Å²) in [5, 5.41) is 1.01. The molecular formula is C19H25NO3. The van der Waals surface area contributed by atoms with E-state index in [-0.39, 0.29) is 17.4 Å². The molecule has 0 saturated carbocycles. The Morgan fingerprint density at radius 3 is 2.35 bits per heavy atom. The number of hydrogen-bond acceptors (Lipinski definition) is 3. The monoisotopic (exact) mass is 315 g/mol. The highest BCUT2D eigenvalue weighted by atomic mass is 16.5. The molecule has 1 aromatic heterocycles. The van der Waals surface area contributed by atoms with Crippen LogP contribution in [-0.4, -0.2) is 17.1 Å². The number of esters is 1. The highest BCUT2D eigenvalue weighted by Crippen LogP contribution is 2.25. The zero-order valence-corrected chi connectivity index (χ0v) is 14.8. The molecule has 0 bridgehead atoms. The molecule has 1 aromatic carbocycles. The fourth-order valence-corrected chi connectivity index (χ4v) is 2.88. The Morgan fingerprint density at radius 1 is 1.09 bits per heavy atom. The molecule has 0 fully saturated rings. The van der Waals surface area contributed by atoms with Crippen LogP contribution in [0.25, 0.3) is 10.9 Å². The van der Waals surface area contributed by atoms with Gasteiger partial charge in [-0.05, 0) is 50.8 Å². The highest BCUT2D eigenvalue weighted by Gasteiger charge is 2.21. The maximum absolute atomic E-state index is 12.5. The number of aryl methyl sites for hydroxylation is 3. The number of hydrogen-bond donors (Lipinski definition) is 0. The summed E-state index contributed by atoms with van der Waals surface area (Å²) in [7, 11) is 0. The Balaban J connectivity index is 2.60. The van der Waals surface area contributed by atoms with Crippen molar-refractivity contribution in [1.82, 2.24) is 4.57 Å². The fourth-order valence-electron chi connectivity index (χ4n) is 2.88. The van der Waals surface area contributed by atoms with E-state index in [0.29, 0.717) is 6.61 Å². The molecule has 2 rings (SSSR count). The smallest absolute Gasteiger partial charge is 0.328 e. The number of carbonyl (C=O) groups is 1. The molecule has 0 aliphatic rings. The van der Waals surface area contributed by atoms with E-state index in [9.17, 15) is 9.59 Å². The van der Waals surface area contributed by atoms with Crippen LogP contribution in [0.5, 0.6) is 0 Å². The van der Waals surface area contributed by atoms with E-state index in [1.165, 1.54) is 0 Å². The Hall–Kier alpha value is -2.10. The molecule has 124 valence electrons. The van der Waals surface area contributed by atoms with E-state index in [1.54, 1.807) is 17.6 Å². The third kappa shape index (κ3) is 3.46. The van der Waals surface area contributed by atoms with E-state index in [1.807, 2.05) is 40.7 Å². The number of pyridine rings is 1. The minimum absolute atomic E-state index is 0.170. The molecular weight excluding hydrogens is 290 g/mol. The van der Waals surface area contributed by atoms with E-state index < -0.39 is 6.04 Å². The Morgan fingerprint density at radius 2 is 1.74 bits per heavy atom. The average Bonchev–Trinajstić information content (AvgIpc) is 2.45. The van der Waals surface area contributed by atoms with Crippen LogP contribution in [0.3, 0.4) is 0 Å². The normalized spacial score (nSPS) is 12.7. The first-order chi connectivity index (χ1) is 10.7. The van der Waals surface area contributed by atoms with E-state index in [4.69, 9.17) is 4.74 Å². The lowest BCUT2D eigenvalue weighted by molar-refractivity contribution is -0.148. The van der Waals surface area contributed by atoms with Gasteiger partial charge in [-0.3, -0.25) is 9.36 Å². The second-order valence-electron chi connectivity index (χ2n) is 6.71. The zero-order valence-electron chi connectivity index (χ0n) is 14.8. The van der Waals surface area contributed by atoms with Crippen molar-refractivity contribution >= 4 is 16.9 Å². The molecule has 1 heterocycles. The maximum atomic E-state index is 12.5. The van der Waals surface area contributed by atoms with Gasteiger partial charge < -0.3 is 4.74 Å². The first-order valence-electron chi connectivity index (χ1n) is 8.02. The van der Waals surface area contributed by atoms with Crippen molar-refractivity contribution in [2.45, 2.75) is 47.6 Å². The van der Waals surface area contributed by atoms with Crippen LogP contribution in [0.15, 0.2) is 23.0 Å². The molecule has 23 heavy (non-hydrogen) atoms. The van der Waals surface area contributed by atoms with Crippen LogP contribution < -0.4 is 5.56 Å². The van der Waals surface area contributed by atoms with E-state index in [2.05, 4.69) is 6.07 Å². The van der Waals surface area contributed by atoms with Crippen molar-refractivity contribution in [3.8, 4) is 0 Å². The molecule has 0 aliphatic heterocycles. The molecule has 1 unspecified atom stereocenters. The number of rotatable bonds is 4. The van der Waals surface area contributed by atoms with Gasteiger partial charge in [0, 0.05) is 11.5 Å². The lowest BCUT2D eigenvalue weighted by Crippen LogP contribution is -2.30. The highest BCUT2D eigenvalue weighted by molar-refractivity contribution is 5.87. The third-order valence-corrected chi connectivity index (χ3v) is 3.98. The predicted molar refractivity (Wildman–Crippen MR) is 92.9 cm³/mol. The van der Waals surface area contributed by atoms with Gasteiger partial charge in [-0.25, -0.2) is 4.79 Å². The summed E-state index contributed by atoms with van der Waals surface area (Å²) >= 11 is 0. The summed E-state index contributed by atoms with van der Waals surface area (Å²) in [5.41, 5.74) is 3.70.